The lowest BCUT2D eigenvalue weighted by atomic mass is 10.3. The molecule has 0 radical (unpaired) electrons. The molecule has 1 unspecified atom stereocenters. The van der Waals surface area contributed by atoms with Gasteiger partial charge in [-0.15, -0.1) is 0 Å². The molecule has 0 aromatic carbocycles. The van der Waals surface area contributed by atoms with E-state index < -0.39 is 0 Å². The van der Waals surface area contributed by atoms with Crippen LogP contribution < -0.4 is 10.7 Å². The highest BCUT2D eigenvalue weighted by Crippen LogP contribution is 2.18. The van der Waals surface area contributed by atoms with Gasteiger partial charge in [-0.25, -0.2) is 10.4 Å². The van der Waals surface area contributed by atoms with Gasteiger partial charge in [-0.3, -0.25) is 4.79 Å². The van der Waals surface area contributed by atoms with Crippen molar-refractivity contribution in [1.82, 2.24) is 15.8 Å². The number of hydrogen-bond acceptors (Lipinski definition) is 4. The van der Waals surface area contributed by atoms with E-state index in [1.807, 2.05) is 6.92 Å². The van der Waals surface area contributed by atoms with Crippen molar-refractivity contribution in [1.29, 1.82) is 0 Å². The Balaban J connectivity index is 1.69. The zero-order valence-electron chi connectivity index (χ0n) is 9.16. The highest BCUT2D eigenvalue weighted by Gasteiger charge is 2.26. The number of rotatable bonds is 4. The van der Waals surface area contributed by atoms with E-state index in [0.717, 1.165) is 39.1 Å². The number of nitrogens with zero attached hydrogens (tertiary/aromatic N) is 1. The molecule has 1 aliphatic carbocycles. The Bertz CT molecular complexity index is 225. The van der Waals surface area contributed by atoms with Gasteiger partial charge in [0.1, 0.15) is 0 Å². The quantitative estimate of drug-likeness (QED) is 0.660. The second kappa shape index (κ2) is 4.92. The fourth-order valence-corrected chi connectivity index (χ4v) is 1.58. The molecule has 5 nitrogen and oxygen atoms in total. The monoisotopic (exact) mass is 213 g/mol. The molecule has 15 heavy (non-hydrogen) atoms. The molecule has 2 fully saturated rings. The molecular weight excluding hydrogens is 194 g/mol. The SMILES string of the molecule is CC(NN1CCOCC1)C(=O)NC1CC1. The van der Waals surface area contributed by atoms with Gasteiger partial charge in [0.05, 0.1) is 19.3 Å². The first-order valence-electron chi connectivity index (χ1n) is 5.65. The van der Waals surface area contributed by atoms with Crippen LogP contribution in [0.25, 0.3) is 0 Å². The highest BCUT2D eigenvalue weighted by molar-refractivity contribution is 5.81. The molecule has 2 N–H and O–H groups in total. The molecule has 0 spiro atoms. The van der Waals surface area contributed by atoms with Crippen LogP contribution in [0.1, 0.15) is 19.8 Å². The van der Waals surface area contributed by atoms with E-state index in [1.54, 1.807) is 0 Å². The molecule has 2 aliphatic rings. The first kappa shape index (κ1) is 10.9. The number of hydrogen-bond donors (Lipinski definition) is 2. The second-order valence-electron chi connectivity index (χ2n) is 4.23. The number of ether oxygens (including phenoxy) is 1. The topological polar surface area (TPSA) is 53.6 Å². The van der Waals surface area contributed by atoms with E-state index in [9.17, 15) is 4.79 Å². The second-order valence-corrected chi connectivity index (χ2v) is 4.23. The van der Waals surface area contributed by atoms with E-state index in [-0.39, 0.29) is 11.9 Å². The lowest BCUT2D eigenvalue weighted by Gasteiger charge is -2.29. The summed E-state index contributed by atoms with van der Waals surface area (Å²) in [5, 5.41) is 5.04. The molecule has 86 valence electrons. The van der Waals surface area contributed by atoms with Gasteiger partial charge in [-0.05, 0) is 19.8 Å². The number of carbonyl (C=O) groups excluding carboxylic acids is 1. The minimum absolute atomic E-state index is 0.101. The standard InChI is InChI=1S/C10H19N3O2/c1-8(10(14)11-9-2-3-9)12-13-4-6-15-7-5-13/h8-9,12H,2-7H2,1H3,(H,11,14). The molecule has 2 rings (SSSR count). The van der Waals surface area contributed by atoms with Crippen LogP contribution in [0, 0.1) is 0 Å². The van der Waals surface area contributed by atoms with E-state index in [2.05, 4.69) is 15.8 Å². The normalized spacial score (nSPS) is 24.9. The van der Waals surface area contributed by atoms with Gasteiger partial charge in [0.2, 0.25) is 5.91 Å². The fourth-order valence-electron chi connectivity index (χ4n) is 1.58. The van der Waals surface area contributed by atoms with Crippen LogP contribution in [-0.4, -0.2) is 49.3 Å². The van der Waals surface area contributed by atoms with Gasteiger partial charge >= 0.3 is 0 Å². The summed E-state index contributed by atoms with van der Waals surface area (Å²) >= 11 is 0. The third-order valence-electron chi connectivity index (χ3n) is 2.70. The zero-order chi connectivity index (χ0) is 10.7. The Hall–Kier alpha value is -0.650. The van der Waals surface area contributed by atoms with Crippen LogP contribution in [0.15, 0.2) is 0 Å². The Morgan fingerprint density at radius 1 is 1.40 bits per heavy atom. The maximum atomic E-state index is 11.6. The first-order chi connectivity index (χ1) is 7.25. The van der Waals surface area contributed by atoms with Crippen molar-refractivity contribution in [3.05, 3.63) is 0 Å². The van der Waals surface area contributed by atoms with Crippen LogP contribution in [0.4, 0.5) is 0 Å². The molecule has 0 bridgehead atoms. The molecule has 1 atom stereocenters. The van der Waals surface area contributed by atoms with Gasteiger partial charge in [0, 0.05) is 19.1 Å². The summed E-state index contributed by atoms with van der Waals surface area (Å²) in [6, 6.07) is 0.287. The Kier molecular flexibility index (Phi) is 3.56. The van der Waals surface area contributed by atoms with E-state index >= 15 is 0 Å². The predicted molar refractivity (Wildman–Crippen MR) is 56.2 cm³/mol. The van der Waals surface area contributed by atoms with Crippen molar-refractivity contribution in [3.63, 3.8) is 0 Å². The third kappa shape index (κ3) is 3.44. The van der Waals surface area contributed by atoms with Crippen molar-refractivity contribution in [3.8, 4) is 0 Å². The summed E-state index contributed by atoms with van der Waals surface area (Å²) < 4.78 is 5.23. The van der Waals surface area contributed by atoms with Crippen molar-refractivity contribution in [2.45, 2.75) is 31.8 Å². The summed E-state index contributed by atoms with van der Waals surface area (Å²) in [6.07, 6.45) is 2.27. The summed E-state index contributed by atoms with van der Waals surface area (Å²) in [7, 11) is 0. The maximum absolute atomic E-state index is 11.6. The van der Waals surface area contributed by atoms with Crippen molar-refractivity contribution in [2.24, 2.45) is 0 Å². The number of hydrazine groups is 1. The lowest BCUT2D eigenvalue weighted by molar-refractivity contribution is -0.125. The highest BCUT2D eigenvalue weighted by atomic mass is 16.5. The molecule has 1 heterocycles. The first-order valence-corrected chi connectivity index (χ1v) is 5.65. The molecule has 1 amide bonds. The van der Waals surface area contributed by atoms with Crippen LogP contribution in [0.3, 0.4) is 0 Å². The molecule has 1 aliphatic heterocycles. The summed E-state index contributed by atoms with van der Waals surface area (Å²) in [6.45, 7) is 5.07. The van der Waals surface area contributed by atoms with Gasteiger partial charge in [0.25, 0.3) is 0 Å². The minimum Gasteiger partial charge on any atom is -0.379 e. The Labute approximate surface area is 90.1 Å². The van der Waals surface area contributed by atoms with E-state index in [4.69, 9.17) is 4.74 Å². The van der Waals surface area contributed by atoms with Crippen LogP contribution in [0.5, 0.6) is 0 Å². The largest absolute Gasteiger partial charge is 0.379 e. The summed E-state index contributed by atoms with van der Waals surface area (Å²) in [5.41, 5.74) is 3.19. The van der Waals surface area contributed by atoms with Gasteiger partial charge in [0.15, 0.2) is 0 Å². The Morgan fingerprint density at radius 2 is 2.07 bits per heavy atom. The van der Waals surface area contributed by atoms with E-state index in [0.29, 0.717) is 6.04 Å². The zero-order valence-corrected chi connectivity index (χ0v) is 9.16. The number of carbonyl (C=O) groups is 1. The molecule has 1 saturated carbocycles. The van der Waals surface area contributed by atoms with Crippen molar-refractivity contribution < 1.29 is 9.53 Å². The molecule has 0 aromatic rings. The van der Waals surface area contributed by atoms with Crippen LogP contribution in [0.2, 0.25) is 0 Å². The third-order valence-corrected chi connectivity index (χ3v) is 2.70. The van der Waals surface area contributed by atoms with E-state index in [1.165, 1.54) is 0 Å². The van der Waals surface area contributed by atoms with Crippen LogP contribution in [-0.2, 0) is 9.53 Å². The average molecular weight is 213 g/mol. The molecular formula is C10H19N3O2. The fraction of sp³-hybridized carbons (Fsp3) is 0.900. The number of nitrogens with one attached hydrogen (secondary N) is 2. The van der Waals surface area contributed by atoms with Gasteiger partial charge in [-0.1, -0.05) is 0 Å². The average Bonchev–Trinajstić information content (AvgIpc) is 3.03. The number of amides is 1. The predicted octanol–water partition coefficient (Wildman–Crippen LogP) is -0.510. The maximum Gasteiger partial charge on any atom is 0.238 e. The van der Waals surface area contributed by atoms with Crippen molar-refractivity contribution in [2.75, 3.05) is 26.3 Å². The van der Waals surface area contributed by atoms with Gasteiger partial charge in [-0.2, -0.15) is 0 Å². The van der Waals surface area contributed by atoms with Crippen LogP contribution >= 0.6 is 0 Å². The van der Waals surface area contributed by atoms with Gasteiger partial charge < -0.3 is 10.1 Å². The molecule has 0 aromatic heterocycles. The smallest absolute Gasteiger partial charge is 0.238 e. The summed E-state index contributed by atoms with van der Waals surface area (Å²) in [5.74, 6) is 0.101. The lowest BCUT2D eigenvalue weighted by Crippen LogP contribution is -2.54. The minimum atomic E-state index is -0.149. The molecule has 5 heteroatoms. The Morgan fingerprint density at radius 3 is 2.67 bits per heavy atom. The number of morpholine rings is 1. The molecule has 1 saturated heterocycles. The van der Waals surface area contributed by atoms with Crippen molar-refractivity contribution >= 4 is 5.91 Å². The summed E-state index contributed by atoms with van der Waals surface area (Å²) in [4.78, 5) is 11.6.